The zero-order valence-electron chi connectivity index (χ0n) is 60.5. The maximum absolute atomic E-state index is 11.9. The fraction of sp³-hybridized carbons (Fsp3) is 0.714. The van der Waals surface area contributed by atoms with Gasteiger partial charge in [0, 0.05) is 77.1 Å². The molecule has 0 saturated heterocycles. The van der Waals surface area contributed by atoms with Crippen LogP contribution in [0.3, 0.4) is 0 Å². The first kappa shape index (κ1) is 76.6. The van der Waals surface area contributed by atoms with Gasteiger partial charge in [0.15, 0.2) is 0 Å². The SMILES string of the molecule is Bc1ccc2c(c1)C(Cc1cc(OCCC(C)(CC)OCCC(C)(CC)OC)cc(OCCC(C)(CC)OCCC(C)(CC)OC)c1)(Cc1cc(OCCC(C)(CC)OCCC(C)CC)cc(OCC(C)(CC)OCC(C)(CC)OC)c1)C1=C2C(C)C=C(O)C1. The number of fused-ring (bicyclic) bond motifs is 2. The number of allylic oxidation sites excluding steroid dienone is 3. The first-order valence-electron chi connectivity index (χ1n) is 34.8. The normalized spacial score (nSPS) is 20.8. The van der Waals surface area contributed by atoms with E-state index >= 15 is 0 Å². The smallest absolute Gasteiger partial charge is 0.139 e. The van der Waals surface area contributed by atoms with Crippen molar-refractivity contribution >= 4 is 18.9 Å². The number of aliphatic hydroxyl groups is 1. The average molecular weight is 1250 g/mol. The Morgan fingerprint density at radius 2 is 0.911 bits per heavy atom. The predicted octanol–water partition coefficient (Wildman–Crippen LogP) is 17.0. The minimum absolute atomic E-state index is 0.0143. The van der Waals surface area contributed by atoms with E-state index in [1.165, 1.54) is 27.7 Å². The molecule has 3 aromatic carbocycles. The van der Waals surface area contributed by atoms with Gasteiger partial charge in [-0.2, -0.15) is 0 Å². The number of methoxy groups -OCH3 is 3. The number of benzene rings is 3. The number of aliphatic hydroxyl groups excluding tert-OH is 1. The van der Waals surface area contributed by atoms with Gasteiger partial charge in [-0.25, -0.2) is 0 Å². The van der Waals surface area contributed by atoms with Crippen LogP contribution in [0.4, 0.5) is 0 Å². The second-order valence-corrected chi connectivity index (χ2v) is 28.6. The molecule has 10 unspecified atom stereocenters. The molecule has 13 heteroatoms. The molecule has 2 aliphatic rings. The molecule has 0 heterocycles. The molecule has 0 radical (unpaired) electrons. The summed E-state index contributed by atoms with van der Waals surface area (Å²) < 4.78 is 72.0. The van der Waals surface area contributed by atoms with Crippen LogP contribution in [0.2, 0.25) is 0 Å². The highest BCUT2D eigenvalue weighted by Gasteiger charge is 2.48. The standard InChI is InChI=1S/C77H125BO12/c1-21-56(9)31-37-87-72(13,24-4)32-38-85-64-46-59(47-65(51-64)86-54-76(17,28-8)90-55-75(16,27-7)82-20)53-77(67-48-60(78)29-30-66(67)69-57(10)43-61(79)49-68(69)77)52-58-44-62(83-39-33-73(14,25-5)88-41-35-70(11,22-2)80-18)50-63(45-58)84-40-34-74(15,26-6)89-42-36-71(12,23-3)81-19/h29-30,43-48,50-51,56-57,79H,21-28,31-42,49,52-55,78H2,1-20H3. The first-order chi connectivity index (χ1) is 42.6. The molecule has 0 amide bonds. The van der Waals surface area contributed by atoms with Crippen LogP contribution in [0.1, 0.15) is 236 Å². The van der Waals surface area contributed by atoms with Crippen molar-refractivity contribution in [1.29, 1.82) is 0 Å². The summed E-state index contributed by atoms with van der Waals surface area (Å²) in [6.07, 6.45) is 15.5. The summed E-state index contributed by atoms with van der Waals surface area (Å²) in [7, 11) is 7.51. The molecule has 5 rings (SSSR count). The van der Waals surface area contributed by atoms with Gasteiger partial charge in [0.05, 0.1) is 84.6 Å². The van der Waals surface area contributed by atoms with Crippen molar-refractivity contribution in [2.75, 3.05) is 74.2 Å². The Morgan fingerprint density at radius 1 is 0.500 bits per heavy atom. The third kappa shape index (κ3) is 21.5. The number of ether oxygens (including phenoxy) is 11. The highest BCUT2D eigenvalue weighted by molar-refractivity contribution is 6.32. The minimum Gasteiger partial charge on any atom is -0.512 e. The van der Waals surface area contributed by atoms with E-state index in [1.807, 2.05) is 18.2 Å². The topological polar surface area (TPSA) is 122 Å². The number of rotatable bonds is 45. The Labute approximate surface area is 548 Å². The number of hydrogen-bond acceptors (Lipinski definition) is 12. The molecular weight excluding hydrogens is 1130 g/mol. The highest BCUT2D eigenvalue weighted by atomic mass is 16.6. The van der Waals surface area contributed by atoms with Crippen molar-refractivity contribution in [3.05, 3.63) is 94.3 Å². The summed E-state index contributed by atoms with van der Waals surface area (Å²) in [6, 6.07) is 19.8. The van der Waals surface area contributed by atoms with Crippen LogP contribution in [0, 0.1) is 11.8 Å². The second-order valence-electron chi connectivity index (χ2n) is 28.6. The van der Waals surface area contributed by atoms with E-state index in [-0.39, 0.29) is 22.7 Å². The largest absolute Gasteiger partial charge is 0.512 e. The van der Waals surface area contributed by atoms with Gasteiger partial charge in [-0.15, -0.1) is 0 Å². The van der Waals surface area contributed by atoms with Gasteiger partial charge in [0.25, 0.3) is 0 Å². The monoisotopic (exact) mass is 1250 g/mol. The van der Waals surface area contributed by atoms with Gasteiger partial charge in [0.2, 0.25) is 0 Å². The van der Waals surface area contributed by atoms with Crippen molar-refractivity contribution in [3.8, 4) is 23.0 Å². The van der Waals surface area contributed by atoms with Crippen molar-refractivity contribution in [2.24, 2.45) is 11.8 Å². The van der Waals surface area contributed by atoms with E-state index in [0.717, 1.165) is 112 Å². The van der Waals surface area contributed by atoms with E-state index in [4.69, 9.17) is 52.1 Å². The Hall–Kier alpha value is -4.08. The van der Waals surface area contributed by atoms with E-state index < -0.39 is 27.8 Å². The van der Waals surface area contributed by atoms with E-state index in [2.05, 4.69) is 168 Å². The highest BCUT2D eigenvalue weighted by Crippen LogP contribution is 2.56. The maximum atomic E-state index is 11.9. The summed E-state index contributed by atoms with van der Waals surface area (Å²) in [5.41, 5.74) is 5.03. The fourth-order valence-electron chi connectivity index (χ4n) is 12.1. The molecule has 508 valence electrons. The zero-order chi connectivity index (χ0) is 66.6. The first-order valence-corrected chi connectivity index (χ1v) is 34.8. The zero-order valence-corrected chi connectivity index (χ0v) is 60.5. The lowest BCUT2D eigenvalue weighted by Crippen LogP contribution is -2.42. The van der Waals surface area contributed by atoms with Gasteiger partial charge < -0.3 is 57.2 Å². The summed E-state index contributed by atoms with van der Waals surface area (Å²) in [4.78, 5) is 0. The molecule has 0 aliphatic heterocycles. The van der Waals surface area contributed by atoms with Crippen molar-refractivity contribution in [3.63, 3.8) is 0 Å². The molecule has 10 atom stereocenters. The van der Waals surface area contributed by atoms with Crippen LogP contribution in [0.25, 0.3) is 5.57 Å². The maximum Gasteiger partial charge on any atom is 0.139 e. The van der Waals surface area contributed by atoms with Crippen molar-refractivity contribution < 1.29 is 57.2 Å². The average Bonchev–Trinajstić information content (AvgIpc) is 1.57. The molecule has 12 nitrogen and oxygen atoms in total. The third-order valence-electron chi connectivity index (χ3n) is 21.6. The van der Waals surface area contributed by atoms with Gasteiger partial charge in [-0.1, -0.05) is 99.3 Å². The summed E-state index contributed by atoms with van der Waals surface area (Å²) in [6.45, 7) is 41.1. The summed E-state index contributed by atoms with van der Waals surface area (Å²) in [5, 5.41) is 11.9. The molecule has 1 N–H and O–H groups in total. The Balaban J connectivity index is 1.64. The van der Waals surface area contributed by atoms with Crippen LogP contribution in [-0.2, 0) is 51.4 Å². The molecule has 0 fully saturated rings. The third-order valence-corrected chi connectivity index (χ3v) is 21.6. The van der Waals surface area contributed by atoms with Gasteiger partial charge in [-0.05, 0) is 195 Å². The molecule has 0 saturated carbocycles. The van der Waals surface area contributed by atoms with Crippen LogP contribution in [0.15, 0.2) is 72.0 Å². The van der Waals surface area contributed by atoms with Crippen LogP contribution < -0.4 is 24.4 Å². The predicted molar refractivity (Wildman–Crippen MR) is 373 cm³/mol. The van der Waals surface area contributed by atoms with Gasteiger partial charge in [-0.3, -0.25) is 0 Å². The lowest BCUT2D eigenvalue weighted by atomic mass is 9.66. The molecule has 90 heavy (non-hydrogen) atoms. The molecule has 0 bridgehead atoms. The molecule has 0 aromatic heterocycles. The second kappa shape index (κ2) is 34.4. The van der Waals surface area contributed by atoms with E-state index in [9.17, 15) is 5.11 Å². The molecule has 2 aliphatic carbocycles. The molecular formula is C77H125BO12. The van der Waals surface area contributed by atoms with E-state index in [0.29, 0.717) is 95.8 Å². The van der Waals surface area contributed by atoms with Crippen LogP contribution in [0.5, 0.6) is 23.0 Å². The molecule has 0 spiro atoms. The van der Waals surface area contributed by atoms with Gasteiger partial charge >= 0.3 is 0 Å². The van der Waals surface area contributed by atoms with Crippen molar-refractivity contribution in [2.45, 2.75) is 271 Å². The van der Waals surface area contributed by atoms with Crippen LogP contribution >= 0.6 is 0 Å². The Bertz CT molecular complexity index is 2670. The van der Waals surface area contributed by atoms with E-state index in [1.54, 1.807) is 21.3 Å². The lowest BCUT2D eigenvalue weighted by molar-refractivity contribution is -0.134. The summed E-state index contributed by atoms with van der Waals surface area (Å²) in [5.74, 6) is 3.90. The minimum atomic E-state index is -0.636. The fourth-order valence-corrected chi connectivity index (χ4v) is 12.1. The lowest BCUT2D eigenvalue weighted by Gasteiger charge is -2.37. The molecule has 3 aromatic rings. The van der Waals surface area contributed by atoms with Gasteiger partial charge in [0.1, 0.15) is 37.5 Å². The quantitative estimate of drug-likeness (QED) is 0.0542. The Kier molecular flexibility index (Phi) is 29.3. The Morgan fingerprint density at radius 3 is 1.32 bits per heavy atom. The van der Waals surface area contributed by atoms with Crippen LogP contribution in [-0.4, -0.2) is 126 Å². The number of hydrogen-bond donors (Lipinski definition) is 1. The summed E-state index contributed by atoms with van der Waals surface area (Å²) >= 11 is 0. The van der Waals surface area contributed by atoms with Crippen molar-refractivity contribution in [1.82, 2.24) is 0 Å².